The van der Waals surface area contributed by atoms with E-state index in [0.29, 0.717) is 23.5 Å². The zero-order valence-corrected chi connectivity index (χ0v) is 18.9. The Morgan fingerprint density at radius 1 is 1.19 bits per heavy atom. The van der Waals surface area contributed by atoms with E-state index in [-0.39, 0.29) is 18.2 Å². The molecule has 3 aromatic heterocycles. The lowest BCUT2D eigenvalue weighted by molar-refractivity contribution is -0.129. The van der Waals surface area contributed by atoms with Crippen LogP contribution in [0, 0.1) is 6.92 Å². The molecule has 1 aromatic carbocycles. The maximum atomic E-state index is 12.9. The van der Waals surface area contributed by atoms with E-state index in [1.54, 1.807) is 11.2 Å². The Hall–Kier alpha value is -2.98. The first kappa shape index (κ1) is 21.3. The summed E-state index contributed by atoms with van der Waals surface area (Å²) < 4.78 is 7.66. The van der Waals surface area contributed by atoms with Crippen LogP contribution in [0.25, 0.3) is 16.5 Å². The lowest BCUT2D eigenvalue weighted by Gasteiger charge is -2.20. The summed E-state index contributed by atoms with van der Waals surface area (Å²) >= 11 is 2.90. The maximum Gasteiger partial charge on any atom is 0.257 e. The van der Waals surface area contributed by atoms with E-state index in [2.05, 4.69) is 20.4 Å². The summed E-state index contributed by atoms with van der Waals surface area (Å²) in [7, 11) is 0. The van der Waals surface area contributed by atoms with Gasteiger partial charge < -0.3 is 9.32 Å². The molecule has 4 rings (SSSR count). The van der Waals surface area contributed by atoms with Crippen molar-refractivity contribution in [2.75, 3.05) is 12.3 Å². The first-order valence-corrected chi connectivity index (χ1v) is 11.7. The Balaban J connectivity index is 1.42. The summed E-state index contributed by atoms with van der Waals surface area (Å²) in [5, 5.41) is 19.1. The zero-order chi connectivity index (χ0) is 21.6. The number of hydrogen-bond donors (Lipinski definition) is 0. The molecule has 0 radical (unpaired) electrons. The molecule has 8 nitrogen and oxygen atoms in total. The Bertz CT molecular complexity index is 1140. The number of thioether (sulfide) groups is 1. The average Bonchev–Trinajstić information content (AvgIpc) is 3.53. The number of thiophene rings is 1. The van der Waals surface area contributed by atoms with Gasteiger partial charge in [0, 0.05) is 6.54 Å². The van der Waals surface area contributed by atoms with Gasteiger partial charge in [-0.15, -0.1) is 31.7 Å². The van der Waals surface area contributed by atoms with E-state index in [4.69, 9.17) is 4.42 Å². The summed E-state index contributed by atoms with van der Waals surface area (Å²) in [4.78, 5) is 15.6. The quantitative estimate of drug-likeness (QED) is 0.350. The Morgan fingerprint density at radius 3 is 2.84 bits per heavy atom. The van der Waals surface area contributed by atoms with Crippen molar-refractivity contribution >= 4 is 29.0 Å². The number of aromatic nitrogens is 5. The third-order valence-electron chi connectivity index (χ3n) is 4.59. The lowest BCUT2D eigenvalue weighted by Crippen LogP contribution is -2.32. The molecule has 4 aromatic rings. The Labute approximate surface area is 188 Å². The van der Waals surface area contributed by atoms with Crippen LogP contribution in [0.3, 0.4) is 0 Å². The second kappa shape index (κ2) is 9.88. The number of hydrogen-bond acceptors (Lipinski definition) is 8. The minimum absolute atomic E-state index is 0.0120. The number of carbonyl (C=O) groups excluding carboxylic acids is 1. The van der Waals surface area contributed by atoms with Crippen LogP contribution >= 0.6 is 23.1 Å². The Morgan fingerprint density at radius 2 is 2.06 bits per heavy atom. The van der Waals surface area contributed by atoms with Gasteiger partial charge in [0.05, 0.1) is 22.9 Å². The van der Waals surface area contributed by atoms with Crippen molar-refractivity contribution in [1.82, 2.24) is 29.9 Å². The monoisotopic (exact) mass is 454 g/mol. The fraction of sp³-hybridized carbons (Fsp3) is 0.286. The second-order valence-electron chi connectivity index (χ2n) is 6.85. The highest BCUT2D eigenvalue weighted by molar-refractivity contribution is 7.99. The number of amides is 1. The molecule has 0 aliphatic carbocycles. The molecule has 0 unspecified atom stereocenters. The van der Waals surface area contributed by atoms with Crippen molar-refractivity contribution in [3.8, 4) is 16.5 Å². The summed E-state index contributed by atoms with van der Waals surface area (Å²) in [6, 6.07) is 11.9. The highest BCUT2D eigenvalue weighted by Gasteiger charge is 2.19. The molecule has 0 bridgehead atoms. The van der Waals surface area contributed by atoms with Crippen molar-refractivity contribution in [3.05, 3.63) is 59.6 Å². The van der Waals surface area contributed by atoms with Gasteiger partial charge in [-0.05, 0) is 36.4 Å². The third-order valence-corrected chi connectivity index (χ3v) is 6.37. The van der Waals surface area contributed by atoms with Crippen molar-refractivity contribution < 1.29 is 9.21 Å². The van der Waals surface area contributed by atoms with Crippen molar-refractivity contribution in [1.29, 1.82) is 0 Å². The molecule has 31 heavy (non-hydrogen) atoms. The van der Waals surface area contributed by atoms with Crippen molar-refractivity contribution in [2.24, 2.45) is 0 Å². The molecule has 0 saturated carbocycles. The van der Waals surface area contributed by atoms with Crippen LogP contribution in [0.15, 0.2) is 57.7 Å². The zero-order valence-electron chi connectivity index (χ0n) is 17.3. The van der Waals surface area contributed by atoms with Crippen LogP contribution in [-0.4, -0.2) is 48.1 Å². The van der Waals surface area contributed by atoms with Crippen LogP contribution < -0.4 is 0 Å². The summed E-state index contributed by atoms with van der Waals surface area (Å²) in [6.07, 6.45) is 2.51. The molecule has 0 saturated heterocycles. The molecular weight excluding hydrogens is 432 g/mol. The maximum absolute atomic E-state index is 12.9. The molecule has 0 N–H and O–H groups in total. The first-order valence-electron chi connectivity index (χ1n) is 9.88. The molecule has 1 amide bonds. The summed E-state index contributed by atoms with van der Waals surface area (Å²) in [5.41, 5.74) is 2.11. The Kier molecular flexibility index (Phi) is 6.78. The van der Waals surface area contributed by atoms with Crippen LogP contribution in [0.1, 0.15) is 24.8 Å². The van der Waals surface area contributed by atoms with E-state index in [9.17, 15) is 4.79 Å². The van der Waals surface area contributed by atoms with Gasteiger partial charge in [0.25, 0.3) is 5.89 Å². The summed E-state index contributed by atoms with van der Waals surface area (Å²) in [5.74, 6) is 1.14. The smallest absolute Gasteiger partial charge is 0.257 e. The van der Waals surface area contributed by atoms with Gasteiger partial charge in [0.15, 0.2) is 5.16 Å². The van der Waals surface area contributed by atoms with Gasteiger partial charge in [-0.1, -0.05) is 43.0 Å². The predicted octanol–water partition coefficient (Wildman–Crippen LogP) is 4.22. The highest BCUT2D eigenvalue weighted by Crippen LogP contribution is 2.24. The average molecular weight is 455 g/mol. The molecule has 0 fully saturated rings. The third kappa shape index (κ3) is 5.02. The second-order valence-corrected chi connectivity index (χ2v) is 8.74. The highest BCUT2D eigenvalue weighted by atomic mass is 32.2. The molecule has 0 aliphatic heterocycles. The number of nitrogens with zero attached hydrogens (tertiary/aromatic N) is 6. The summed E-state index contributed by atoms with van der Waals surface area (Å²) in [6.45, 7) is 4.97. The SMILES string of the molecule is CCCN(Cc1nnc(-c2cccs2)o1)C(=O)CSc1nncn1-c1ccccc1C. The normalized spacial score (nSPS) is 11.0. The predicted molar refractivity (Wildman–Crippen MR) is 120 cm³/mol. The van der Waals surface area contributed by atoms with E-state index in [1.807, 2.05) is 60.2 Å². The number of rotatable bonds is 9. The number of carbonyl (C=O) groups is 1. The van der Waals surface area contributed by atoms with E-state index in [0.717, 1.165) is 22.5 Å². The molecular formula is C21H22N6O2S2. The first-order chi connectivity index (χ1) is 15.2. The number of aryl methyl sites for hydroxylation is 1. The fourth-order valence-corrected chi connectivity index (χ4v) is 4.55. The van der Waals surface area contributed by atoms with Crippen LogP contribution in [0.4, 0.5) is 0 Å². The molecule has 0 aliphatic rings. The molecule has 0 spiro atoms. The van der Waals surface area contributed by atoms with Crippen molar-refractivity contribution in [3.63, 3.8) is 0 Å². The molecule has 0 atom stereocenters. The van der Waals surface area contributed by atoms with E-state index >= 15 is 0 Å². The fourth-order valence-electron chi connectivity index (χ4n) is 3.08. The minimum Gasteiger partial charge on any atom is -0.418 e. The van der Waals surface area contributed by atoms with Gasteiger partial charge in [-0.25, -0.2) is 0 Å². The lowest BCUT2D eigenvalue weighted by atomic mass is 10.2. The topological polar surface area (TPSA) is 89.9 Å². The largest absolute Gasteiger partial charge is 0.418 e. The number of para-hydroxylation sites is 1. The molecule has 3 heterocycles. The van der Waals surface area contributed by atoms with Gasteiger partial charge >= 0.3 is 0 Å². The molecule has 10 heteroatoms. The van der Waals surface area contributed by atoms with Gasteiger partial charge in [-0.2, -0.15) is 0 Å². The number of benzene rings is 1. The van der Waals surface area contributed by atoms with E-state index < -0.39 is 0 Å². The van der Waals surface area contributed by atoms with Crippen LogP contribution in [0.2, 0.25) is 0 Å². The standard InChI is InChI=1S/C21H22N6O2S2/c1-3-10-26(12-18-23-24-20(29-18)17-9-6-11-30-17)19(28)13-31-21-25-22-14-27(21)16-8-5-4-7-15(16)2/h4-9,11,14H,3,10,12-13H2,1-2H3. The van der Waals surface area contributed by atoms with E-state index in [1.165, 1.54) is 23.1 Å². The van der Waals surface area contributed by atoms with Crippen LogP contribution in [-0.2, 0) is 11.3 Å². The van der Waals surface area contributed by atoms with Crippen molar-refractivity contribution in [2.45, 2.75) is 32.0 Å². The molecule has 160 valence electrons. The van der Waals surface area contributed by atoms with Crippen LogP contribution in [0.5, 0.6) is 0 Å². The minimum atomic E-state index is -0.0120. The van der Waals surface area contributed by atoms with Gasteiger partial charge in [-0.3, -0.25) is 9.36 Å². The van der Waals surface area contributed by atoms with Gasteiger partial charge in [0.2, 0.25) is 11.8 Å². The van der Waals surface area contributed by atoms with Gasteiger partial charge in [0.1, 0.15) is 6.33 Å².